The highest BCUT2D eigenvalue weighted by molar-refractivity contribution is 5.91. The van der Waals surface area contributed by atoms with Gasteiger partial charge in [0.15, 0.2) is 0 Å². The molecule has 0 spiro atoms. The number of ether oxygens (including phenoxy) is 1. The number of carbonyl (C=O) groups is 1. The normalized spacial score (nSPS) is 17.5. The van der Waals surface area contributed by atoms with Crippen LogP contribution < -0.4 is 0 Å². The van der Waals surface area contributed by atoms with Gasteiger partial charge in [-0.1, -0.05) is 0 Å². The Morgan fingerprint density at radius 3 is 2.94 bits per heavy atom. The molecule has 1 saturated heterocycles. The van der Waals surface area contributed by atoms with Crippen molar-refractivity contribution in [3.8, 4) is 0 Å². The standard InChI is InChI=1S/C14H19NO3/c1-17-11-12-6-8-15(9-7-12)14(16)5-4-13-3-2-10-18-13/h2-5,10,12H,6-9,11H2,1H3/b5-4+. The van der Waals surface area contributed by atoms with E-state index < -0.39 is 0 Å². The summed E-state index contributed by atoms with van der Waals surface area (Å²) in [6, 6.07) is 3.63. The molecule has 1 aliphatic rings. The molecule has 0 unspecified atom stereocenters. The molecule has 2 rings (SSSR count). The Morgan fingerprint density at radius 1 is 1.56 bits per heavy atom. The molecule has 98 valence electrons. The van der Waals surface area contributed by atoms with E-state index >= 15 is 0 Å². The van der Waals surface area contributed by atoms with Crippen LogP contribution in [-0.2, 0) is 9.53 Å². The average Bonchev–Trinajstić information content (AvgIpc) is 2.90. The number of amides is 1. The van der Waals surface area contributed by atoms with E-state index in [1.807, 2.05) is 11.0 Å². The molecular weight excluding hydrogens is 230 g/mol. The minimum Gasteiger partial charge on any atom is -0.465 e. The highest BCUT2D eigenvalue weighted by Crippen LogP contribution is 2.17. The van der Waals surface area contributed by atoms with E-state index in [0.29, 0.717) is 11.7 Å². The molecule has 0 radical (unpaired) electrons. The number of nitrogens with zero attached hydrogens (tertiary/aromatic N) is 1. The number of carbonyl (C=O) groups excluding carboxylic acids is 1. The molecule has 0 atom stereocenters. The van der Waals surface area contributed by atoms with Crippen molar-refractivity contribution in [2.24, 2.45) is 5.92 Å². The summed E-state index contributed by atoms with van der Waals surface area (Å²) in [7, 11) is 1.73. The third kappa shape index (κ3) is 3.47. The first-order valence-corrected chi connectivity index (χ1v) is 6.29. The van der Waals surface area contributed by atoms with E-state index in [0.717, 1.165) is 32.5 Å². The van der Waals surface area contributed by atoms with Gasteiger partial charge in [0, 0.05) is 32.9 Å². The average molecular weight is 249 g/mol. The van der Waals surface area contributed by atoms with Gasteiger partial charge in [0.25, 0.3) is 0 Å². The third-order valence-corrected chi connectivity index (χ3v) is 3.26. The Hall–Kier alpha value is -1.55. The monoisotopic (exact) mass is 249 g/mol. The first kappa shape index (κ1) is 12.9. The van der Waals surface area contributed by atoms with Crippen molar-refractivity contribution >= 4 is 12.0 Å². The smallest absolute Gasteiger partial charge is 0.246 e. The summed E-state index contributed by atoms with van der Waals surface area (Å²) in [4.78, 5) is 13.8. The molecule has 1 aromatic rings. The summed E-state index contributed by atoms with van der Waals surface area (Å²) in [6.45, 7) is 2.43. The van der Waals surface area contributed by atoms with Crippen molar-refractivity contribution in [3.05, 3.63) is 30.2 Å². The van der Waals surface area contributed by atoms with Crippen molar-refractivity contribution in [1.29, 1.82) is 0 Å². The molecule has 4 heteroatoms. The van der Waals surface area contributed by atoms with Gasteiger partial charge in [-0.05, 0) is 37.0 Å². The van der Waals surface area contributed by atoms with Crippen molar-refractivity contribution in [3.63, 3.8) is 0 Å². The highest BCUT2D eigenvalue weighted by Gasteiger charge is 2.21. The molecule has 18 heavy (non-hydrogen) atoms. The van der Waals surface area contributed by atoms with Crippen molar-refractivity contribution in [1.82, 2.24) is 4.90 Å². The molecule has 0 bridgehead atoms. The van der Waals surface area contributed by atoms with Gasteiger partial charge < -0.3 is 14.1 Å². The van der Waals surface area contributed by atoms with Gasteiger partial charge in [-0.2, -0.15) is 0 Å². The summed E-state index contributed by atoms with van der Waals surface area (Å²) in [6.07, 6.45) is 6.93. The second-order valence-corrected chi connectivity index (χ2v) is 4.57. The predicted octanol–water partition coefficient (Wildman–Crippen LogP) is 2.18. The van der Waals surface area contributed by atoms with Crippen LogP contribution in [-0.4, -0.2) is 37.6 Å². The maximum atomic E-state index is 11.9. The van der Waals surface area contributed by atoms with Crippen molar-refractivity contribution in [2.75, 3.05) is 26.8 Å². The molecule has 1 aliphatic heterocycles. The third-order valence-electron chi connectivity index (χ3n) is 3.26. The number of hydrogen-bond donors (Lipinski definition) is 0. The zero-order chi connectivity index (χ0) is 12.8. The fourth-order valence-corrected chi connectivity index (χ4v) is 2.20. The number of methoxy groups -OCH3 is 1. The van der Waals surface area contributed by atoms with E-state index in [1.165, 1.54) is 0 Å². The minimum absolute atomic E-state index is 0.0577. The van der Waals surface area contributed by atoms with Crippen molar-refractivity contribution < 1.29 is 13.9 Å². The molecule has 2 heterocycles. The van der Waals surface area contributed by atoms with Crippen LogP contribution in [0.25, 0.3) is 6.08 Å². The maximum Gasteiger partial charge on any atom is 0.246 e. The topological polar surface area (TPSA) is 42.7 Å². The van der Waals surface area contributed by atoms with Gasteiger partial charge in [0.1, 0.15) is 5.76 Å². The second-order valence-electron chi connectivity index (χ2n) is 4.57. The summed E-state index contributed by atoms with van der Waals surface area (Å²) >= 11 is 0. The van der Waals surface area contributed by atoms with E-state index in [4.69, 9.17) is 9.15 Å². The van der Waals surface area contributed by atoms with Gasteiger partial charge in [-0.3, -0.25) is 4.79 Å². The first-order chi connectivity index (χ1) is 8.79. The van der Waals surface area contributed by atoms with E-state index in [9.17, 15) is 4.79 Å². The van der Waals surface area contributed by atoms with Crippen LogP contribution in [0.4, 0.5) is 0 Å². The van der Waals surface area contributed by atoms with Crippen molar-refractivity contribution in [2.45, 2.75) is 12.8 Å². The fraction of sp³-hybridized carbons (Fsp3) is 0.500. The van der Waals surface area contributed by atoms with Gasteiger partial charge in [-0.15, -0.1) is 0 Å². The zero-order valence-corrected chi connectivity index (χ0v) is 10.7. The lowest BCUT2D eigenvalue weighted by Gasteiger charge is -2.30. The summed E-state index contributed by atoms with van der Waals surface area (Å²) < 4.78 is 10.3. The molecular formula is C14H19NO3. The lowest BCUT2D eigenvalue weighted by Crippen LogP contribution is -2.38. The summed E-state index contributed by atoms with van der Waals surface area (Å²) in [5.41, 5.74) is 0. The molecule has 4 nitrogen and oxygen atoms in total. The number of likely N-dealkylation sites (tertiary alicyclic amines) is 1. The highest BCUT2D eigenvalue weighted by atomic mass is 16.5. The Balaban J connectivity index is 1.80. The zero-order valence-electron chi connectivity index (χ0n) is 10.7. The van der Waals surface area contributed by atoms with Gasteiger partial charge in [0.05, 0.1) is 6.26 Å². The maximum absolute atomic E-state index is 11.9. The van der Waals surface area contributed by atoms with Crippen LogP contribution in [0.1, 0.15) is 18.6 Å². The Labute approximate surface area is 107 Å². The van der Waals surface area contributed by atoms with Gasteiger partial charge in [-0.25, -0.2) is 0 Å². The molecule has 0 N–H and O–H groups in total. The number of rotatable bonds is 4. The lowest BCUT2D eigenvalue weighted by atomic mass is 9.98. The van der Waals surface area contributed by atoms with Crippen LogP contribution in [0, 0.1) is 5.92 Å². The Morgan fingerprint density at radius 2 is 2.33 bits per heavy atom. The SMILES string of the molecule is COCC1CCN(C(=O)/C=C/c2ccco2)CC1. The molecule has 0 saturated carbocycles. The second kappa shape index (κ2) is 6.40. The van der Waals surface area contributed by atoms with Crippen LogP contribution >= 0.6 is 0 Å². The molecule has 1 fully saturated rings. The predicted molar refractivity (Wildman–Crippen MR) is 68.9 cm³/mol. The first-order valence-electron chi connectivity index (χ1n) is 6.29. The molecule has 1 amide bonds. The largest absolute Gasteiger partial charge is 0.465 e. The Bertz CT molecular complexity index is 389. The van der Waals surface area contributed by atoms with Gasteiger partial charge in [0.2, 0.25) is 5.91 Å². The van der Waals surface area contributed by atoms with Crippen LogP contribution in [0.2, 0.25) is 0 Å². The molecule has 0 aromatic carbocycles. The van der Waals surface area contributed by atoms with Crippen LogP contribution in [0.15, 0.2) is 28.9 Å². The van der Waals surface area contributed by atoms with Crippen LogP contribution in [0.3, 0.4) is 0 Å². The summed E-state index contributed by atoms with van der Waals surface area (Å²) in [5.74, 6) is 1.35. The van der Waals surface area contributed by atoms with Crippen LogP contribution in [0.5, 0.6) is 0 Å². The van der Waals surface area contributed by atoms with Gasteiger partial charge >= 0.3 is 0 Å². The van der Waals surface area contributed by atoms with E-state index in [2.05, 4.69) is 0 Å². The van der Waals surface area contributed by atoms with E-state index in [1.54, 1.807) is 31.6 Å². The minimum atomic E-state index is 0.0577. The lowest BCUT2D eigenvalue weighted by molar-refractivity contribution is -0.127. The molecule has 1 aromatic heterocycles. The fourth-order valence-electron chi connectivity index (χ4n) is 2.20. The quantitative estimate of drug-likeness (QED) is 0.768. The molecule has 0 aliphatic carbocycles. The number of hydrogen-bond acceptors (Lipinski definition) is 3. The number of piperidine rings is 1. The summed E-state index contributed by atoms with van der Waals surface area (Å²) in [5, 5.41) is 0. The Kier molecular flexibility index (Phi) is 4.59. The van der Waals surface area contributed by atoms with E-state index in [-0.39, 0.29) is 5.91 Å². The number of furan rings is 1.